The number of urea groups is 1. The number of hydrogen-bond acceptors (Lipinski definition) is 6. The second-order valence-electron chi connectivity index (χ2n) is 8.02. The Morgan fingerprint density at radius 3 is 2.17 bits per heavy atom. The van der Waals surface area contributed by atoms with E-state index in [0.717, 1.165) is 31.8 Å². The fourth-order valence-corrected chi connectivity index (χ4v) is 5.16. The van der Waals surface area contributed by atoms with E-state index < -0.39 is 34.0 Å². The van der Waals surface area contributed by atoms with Gasteiger partial charge in [-0.15, -0.1) is 0 Å². The molecule has 10 heteroatoms. The first kappa shape index (κ1) is 26.1. The molecule has 35 heavy (non-hydrogen) atoms. The molecule has 186 valence electrons. The Bertz CT molecular complexity index is 1160. The summed E-state index contributed by atoms with van der Waals surface area (Å²) in [5, 5.41) is 4.38. The fourth-order valence-electron chi connectivity index (χ4n) is 3.64. The van der Waals surface area contributed by atoms with Crippen LogP contribution < -0.4 is 10.6 Å². The van der Waals surface area contributed by atoms with Gasteiger partial charge in [0.2, 0.25) is 16.1 Å². The van der Waals surface area contributed by atoms with Gasteiger partial charge >= 0.3 is 12.0 Å². The van der Waals surface area contributed by atoms with E-state index in [1.165, 1.54) is 29.6 Å². The van der Waals surface area contributed by atoms with Crippen molar-refractivity contribution in [1.82, 2.24) is 14.9 Å². The number of benzene rings is 2. The zero-order valence-electron chi connectivity index (χ0n) is 19.5. The Hall–Kier alpha value is -3.50. The van der Waals surface area contributed by atoms with Crippen molar-refractivity contribution >= 4 is 34.0 Å². The fraction of sp³-hybridized carbons (Fsp3) is 0.320. The van der Waals surface area contributed by atoms with Crippen molar-refractivity contribution < 1.29 is 27.5 Å². The Balaban J connectivity index is 1.68. The van der Waals surface area contributed by atoms with Crippen molar-refractivity contribution in [3.63, 3.8) is 0 Å². The number of nitrogens with zero attached hydrogens (tertiary/aromatic N) is 1. The smallest absolute Gasteiger partial charge is 0.331 e. The SMILES string of the molecule is CNC(=O)NC(=O)[C@@H](OC(=O)/C=C/c1ccc(S(=O)(=O)N2CCCCCC2)cc1)c1ccccc1. The number of rotatable bonds is 7. The Labute approximate surface area is 205 Å². The molecule has 0 aliphatic carbocycles. The van der Waals surface area contributed by atoms with E-state index in [-0.39, 0.29) is 4.90 Å². The highest BCUT2D eigenvalue weighted by Crippen LogP contribution is 2.21. The highest BCUT2D eigenvalue weighted by atomic mass is 32.2. The topological polar surface area (TPSA) is 122 Å². The average molecular weight is 500 g/mol. The van der Waals surface area contributed by atoms with Gasteiger partial charge in [-0.25, -0.2) is 18.0 Å². The number of hydrogen-bond donors (Lipinski definition) is 2. The molecule has 0 spiro atoms. The van der Waals surface area contributed by atoms with Crippen LogP contribution in [-0.4, -0.2) is 50.8 Å². The predicted molar refractivity (Wildman–Crippen MR) is 131 cm³/mol. The first-order valence-corrected chi connectivity index (χ1v) is 12.8. The molecule has 1 saturated heterocycles. The second kappa shape index (κ2) is 12.3. The molecule has 1 heterocycles. The molecule has 1 aliphatic rings. The number of carbonyl (C=O) groups is 3. The molecule has 0 saturated carbocycles. The lowest BCUT2D eigenvalue weighted by atomic mass is 10.1. The summed E-state index contributed by atoms with van der Waals surface area (Å²) < 4.78 is 32.6. The van der Waals surface area contributed by atoms with Crippen molar-refractivity contribution in [1.29, 1.82) is 0 Å². The van der Waals surface area contributed by atoms with Crippen LogP contribution >= 0.6 is 0 Å². The molecule has 2 aromatic rings. The van der Waals surface area contributed by atoms with E-state index in [4.69, 9.17) is 4.74 Å². The second-order valence-corrected chi connectivity index (χ2v) is 9.95. The van der Waals surface area contributed by atoms with Gasteiger partial charge in [-0.1, -0.05) is 55.3 Å². The quantitative estimate of drug-likeness (QED) is 0.446. The van der Waals surface area contributed by atoms with Crippen LogP contribution in [0.15, 0.2) is 65.6 Å². The zero-order valence-corrected chi connectivity index (χ0v) is 20.3. The van der Waals surface area contributed by atoms with E-state index in [9.17, 15) is 22.8 Å². The molecular weight excluding hydrogens is 470 g/mol. The molecule has 0 bridgehead atoms. The molecule has 9 nitrogen and oxygen atoms in total. The van der Waals surface area contributed by atoms with Gasteiger partial charge in [-0.2, -0.15) is 4.31 Å². The van der Waals surface area contributed by atoms with Crippen LogP contribution in [0.1, 0.15) is 42.9 Å². The van der Waals surface area contributed by atoms with E-state index in [0.29, 0.717) is 24.2 Å². The van der Waals surface area contributed by atoms with Gasteiger partial charge in [0.1, 0.15) is 0 Å². The van der Waals surface area contributed by atoms with E-state index in [1.807, 2.05) is 0 Å². The van der Waals surface area contributed by atoms with Gasteiger partial charge in [0.05, 0.1) is 4.90 Å². The maximum absolute atomic E-state index is 12.9. The summed E-state index contributed by atoms with van der Waals surface area (Å²) in [6, 6.07) is 13.8. The van der Waals surface area contributed by atoms with Crippen molar-refractivity contribution in [2.45, 2.75) is 36.7 Å². The van der Waals surface area contributed by atoms with Gasteiger partial charge in [-0.05, 0) is 36.6 Å². The maximum atomic E-state index is 12.9. The number of esters is 1. The lowest BCUT2D eigenvalue weighted by Crippen LogP contribution is -2.41. The number of nitrogens with one attached hydrogen (secondary N) is 2. The van der Waals surface area contributed by atoms with Gasteiger partial charge in [-0.3, -0.25) is 10.1 Å². The third-order valence-electron chi connectivity index (χ3n) is 5.53. The van der Waals surface area contributed by atoms with Crippen molar-refractivity contribution in [3.8, 4) is 0 Å². The van der Waals surface area contributed by atoms with E-state index in [1.54, 1.807) is 42.5 Å². The first-order chi connectivity index (χ1) is 16.8. The van der Waals surface area contributed by atoms with Crippen LogP contribution in [0.3, 0.4) is 0 Å². The molecule has 3 amide bonds. The lowest BCUT2D eigenvalue weighted by Gasteiger charge is -2.19. The molecule has 1 atom stereocenters. The third kappa shape index (κ3) is 7.24. The molecule has 1 aliphatic heterocycles. The largest absolute Gasteiger partial charge is 0.444 e. The Morgan fingerprint density at radius 2 is 1.57 bits per heavy atom. The standard InChI is InChI=1S/C25H29N3O6S/c1-26-25(31)27-24(30)23(20-9-5-4-6-10-20)34-22(29)16-13-19-11-14-21(15-12-19)35(32,33)28-17-7-2-3-8-18-28/h4-6,9-16,23H,2-3,7-8,17-18H2,1H3,(H2,26,27,30,31)/b16-13+/t23-/m0/s1. The maximum Gasteiger partial charge on any atom is 0.331 e. The minimum absolute atomic E-state index is 0.203. The van der Waals surface area contributed by atoms with Gasteiger partial charge in [0, 0.05) is 31.8 Å². The van der Waals surface area contributed by atoms with Crippen LogP contribution in [0.2, 0.25) is 0 Å². The van der Waals surface area contributed by atoms with Crippen molar-refractivity contribution in [2.75, 3.05) is 20.1 Å². The summed E-state index contributed by atoms with van der Waals surface area (Å²) in [5.41, 5.74) is 0.988. The lowest BCUT2D eigenvalue weighted by molar-refractivity contribution is -0.151. The van der Waals surface area contributed by atoms with Gasteiger partial charge < -0.3 is 10.1 Å². The summed E-state index contributed by atoms with van der Waals surface area (Å²) in [6.07, 6.45) is 5.05. The first-order valence-electron chi connectivity index (χ1n) is 11.4. The van der Waals surface area contributed by atoms with E-state index >= 15 is 0 Å². The highest BCUT2D eigenvalue weighted by Gasteiger charge is 2.26. The summed E-state index contributed by atoms with van der Waals surface area (Å²) in [4.78, 5) is 36.6. The van der Waals surface area contributed by atoms with Gasteiger partial charge in [0.25, 0.3) is 5.91 Å². The summed E-state index contributed by atoms with van der Waals surface area (Å²) in [6.45, 7) is 1.04. The minimum atomic E-state index is -3.56. The molecule has 3 rings (SSSR count). The van der Waals surface area contributed by atoms with E-state index in [2.05, 4.69) is 10.6 Å². The van der Waals surface area contributed by atoms with Crippen LogP contribution in [0.5, 0.6) is 0 Å². The number of ether oxygens (including phenoxy) is 1. The van der Waals surface area contributed by atoms with Crippen molar-refractivity contribution in [3.05, 3.63) is 71.8 Å². The normalized spacial score (nSPS) is 15.7. The Morgan fingerprint density at radius 1 is 0.943 bits per heavy atom. The summed E-state index contributed by atoms with van der Waals surface area (Å²) in [7, 11) is -2.20. The molecule has 2 N–H and O–H groups in total. The van der Waals surface area contributed by atoms with Crippen LogP contribution in [0, 0.1) is 0 Å². The number of amides is 3. The number of sulfonamides is 1. The summed E-state index contributed by atoms with van der Waals surface area (Å²) in [5.74, 6) is -1.59. The zero-order chi connectivity index (χ0) is 25.3. The minimum Gasteiger partial charge on any atom is -0.444 e. The molecule has 1 fully saturated rings. The monoisotopic (exact) mass is 499 g/mol. The molecule has 2 aromatic carbocycles. The molecule has 0 radical (unpaired) electrons. The van der Waals surface area contributed by atoms with Crippen molar-refractivity contribution in [2.24, 2.45) is 0 Å². The van der Waals surface area contributed by atoms with Crippen LogP contribution in [0.4, 0.5) is 4.79 Å². The highest BCUT2D eigenvalue weighted by molar-refractivity contribution is 7.89. The number of imide groups is 1. The predicted octanol–water partition coefficient (Wildman–Crippen LogP) is 3.00. The van der Waals surface area contributed by atoms with Crippen LogP contribution in [-0.2, 0) is 24.3 Å². The average Bonchev–Trinajstić information content (AvgIpc) is 3.17. The molecule has 0 aromatic heterocycles. The Kier molecular flexibility index (Phi) is 9.16. The number of carbonyl (C=O) groups excluding carboxylic acids is 3. The third-order valence-corrected chi connectivity index (χ3v) is 7.45. The van der Waals surface area contributed by atoms with Crippen LogP contribution in [0.25, 0.3) is 6.08 Å². The molecule has 0 unspecified atom stereocenters. The van der Waals surface area contributed by atoms with Gasteiger partial charge in [0.15, 0.2) is 0 Å². The molecular formula is C25H29N3O6S. The summed E-state index contributed by atoms with van der Waals surface area (Å²) >= 11 is 0.